The SMILES string of the molecule is c1ccc(C2Nc3cccc4c3C2CCC4N2CCOCC2)cc1. The summed E-state index contributed by atoms with van der Waals surface area (Å²) < 4.78 is 5.56. The molecule has 5 rings (SSSR count). The first kappa shape index (κ1) is 14.5. The first-order chi connectivity index (χ1) is 11.9. The Kier molecular flexibility index (Phi) is 3.57. The van der Waals surface area contributed by atoms with Crippen molar-refractivity contribution in [2.75, 3.05) is 31.6 Å². The number of hydrogen-bond donors (Lipinski definition) is 1. The molecule has 0 saturated carbocycles. The third-order valence-corrected chi connectivity index (χ3v) is 5.98. The number of ether oxygens (including phenoxy) is 1. The van der Waals surface area contributed by atoms with Crippen LogP contribution in [0.15, 0.2) is 48.5 Å². The van der Waals surface area contributed by atoms with E-state index in [1.807, 2.05) is 0 Å². The Hall–Kier alpha value is -1.84. The molecule has 2 heterocycles. The summed E-state index contributed by atoms with van der Waals surface area (Å²) in [7, 11) is 0. The summed E-state index contributed by atoms with van der Waals surface area (Å²) in [4.78, 5) is 2.63. The largest absolute Gasteiger partial charge is 0.379 e. The lowest BCUT2D eigenvalue weighted by molar-refractivity contribution is 0.0116. The Labute approximate surface area is 143 Å². The Balaban J connectivity index is 1.52. The zero-order valence-electron chi connectivity index (χ0n) is 13.9. The van der Waals surface area contributed by atoms with E-state index in [9.17, 15) is 0 Å². The molecule has 3 atom stereocenters. The third kappa shape index (κ3) is 2.27. The van der Waals surface area contributed by atoms with E-state index in [0.717, 1.165) is 26.3 Å². The van der Waals surface area contributed by atoms with Crippen LogP contribution >= 0.6 is 0 Å². The lowest BCUT2D eigenvalue weighted by Crippen LogP contribution is -2.40. The van der Waals surface area contributed by atoms with Crippen molar-refractivity contribution in [3.05, 3.63) is 65.2 Å². The van der Waals surface area contributed by atoms with Gasteiger partial charge in [0.1, 0.15) is 0 Å². The smallest absolute Gasteiger partial charge is 0.0594 e. The molecular formula is C21H24N2O. The fourth-order valence-electron chi connectivity index (χ4n) is 4.90. The molecule has 2 aliphatic heterocycles. The highest BCUT2D eigenvalue weighted by molar-refractivity contribution is 5.65. The van der Waals surface area contributed by atoms with Crippen molar-refractivity contribution in [1.82, 2.24) is 4.90 Å². The van der Waals surface area contributed by atoms with E-state index >= 15 is 0 Å². The van der Waals surface area contributed by atoms with Crippen molar-refractivity contribution in [3.63, 3.8) is 0 Å². The minimum atomic E-state index is 0.424. The van der Waals surface area contributed by atoms with Gasteiger partial charge in [0.2, 0.25) is 0 Å². The Morgan fingerprint density at radius 3 is 2.58 bits per heavy atom. The number of anilines is 1. The highest BCUT2D eigenvalue weighted by Gasteiger charge is 2.41. The van der Waals surface area contributed by atoms with Crippen LogP contribution in [0.5, 0.6) is 0 Å². The van der Waals surface area contributed by atoms with Gasteiger partial charge in [-0.2, -0.15) is 0 Å². The molecule has 1 aliphatic carbocycles. The van der Waals surface area contributed by atoms with E-state index in [1.165, 1.54) is 24.1 Å². The fourth-order valence-corrected chi connectivity index (χ4v) is 4.90. The van der Waals surface area contributed by atoms with Gasteiger partial charge in [-0.25, -0.2) is 0 Å². The summed E-state index contributed by atoms with van der Waals surface area (Å²) in [6.07, 6.45) is 2.52. The summed E-state index contributed by atoms with van der Waals surface area (Å²) in [5.41, 5.74) is 5.89. The van der Waals surface area contributed by atoms with Crippen molar-refractivity contribution in [2.24, 2.45) is 0 Å². The molecule has 0 spiro atoms. The molecule has 0 radical (unpaired) electrons. The molecular weight excluding hydrogens is 296 g/mol. The molecule has 3 aliphatic rings. The molecule has 0 aromatic heterocycles. The highest BCUT2D eigenvalue weighted by atomic mass is 16.5. The topological polar surface area (TPSA) is 24.5 Å². The molecule has 1 fully saturated rings. The summed E-state index contributed by atoms with van der Waals surface area (Å²) in [5, 5.41) is 3.81. The van der Waals surface area contributed by atoms with E-state index < -0.39 is 0 Å². The van der Waals surface area contributed by atoms with E-state index in [4.69, 9.17) is 4.74 Å². The molecule has 0 bridgehead atoms. The molecule has 1 saturated heterocycles. The summed E-state index contributed by atoms with van der Waals surface area (Å²) >= 11 is 0. The second-order valence-electron chi connectivity index (χ2n) is 7.19. The maximum atomic E-state index is 5.56. The Bertz CT molecular complexity index is 724. The summed E-state index contributed by atoms with van der Waals surface area (Å²) in [6, 6.07) is 18.8. The van der Waals surface area contributed by atoms with Gasteiger partial charge in [-0.15, -0.1) is 0 Å². The van der Waals surface area contributed by atoms with Crippen LogP contribution in [-0.2, 0) is 4.74 Å². The lowest BCUT2D eigenvalue weighted by Gasteiger charge is -2.39. The van der Waals surface area contributed by atoms with Crippen molar-refractivity contribution in [2.45, 2.75) is 30.8 Å². The number of benzene rings is 2. The first-order valence-corrected chi connectivity index (χ1v) is 9.18. The minimum absolute atomic E-state index is 0.424. The summed E-state index contributed by atoms with van der Waals surface area (Å²) in [5.74, 6) is 0.607. The molecule has 2 aromatic rings. The molecule has 3 heteroatoms. The maximum absolute atomic E-state index is 5.56. The van der Waals surface area contributed by atoms with E-state index in [0.29, 0.717) is 18.0 Å². The van der Waals surface area contributed by atoms with Gasteiger partial charge < -0.3 is 10.1 Å². The van der Waals surface area contributed by atoms with Gasteiger partial charge in [0, 0.05) is 30.7 Å². The maximum Gasteiger partial charge on any atom is 0.0594 e. The molecule has 124 valence electrons. The monoisotopic (exact) mass is 320 g/mol. The highest BCUT2D eigenvalue weighted by Crippen LogP contribution is 2.53. The molecule has 0 amide bonds. The number of rotatable bonds is 2. The van der Waals surface area contributed by atoms with Crippen LogP contribution in [0.25, 0.3) is 0 Å². The lowest BCUT2D eigenvalue weighted by atomic mass is 9.76. The van der Waals surface area contributed by atoms with Gasteiger partial charge in [-0.3, -0.25) is 4.90 Å². The van der Waals surface area contributed by atoms with E-state index in [-0.39, 0.29) is 0 Å². The zero-order chi connectivity index (χ0) is 15.9. The number of hydrogen-bond acceptors (Lipinski definition) is 3. The van der Waals surface area contributed by atoms with Crippen LogP contribution in [0.3, 0.4) is 0 Å². The van der Waals surface area contributed by atoms with Crippen LogP contribution in [0.4, 0.5) is 5.69 Å². The fraction of sp³-hybridized carbons (Fsp3) is 0.429. The minimum Gasteiger partial charge on any atom is -0.379 e. The van der Waals surface area contributed by atoms with Gasteiger partial charge in [0.15, 0.2) is 0 Å². The number of nitrogens with one attached hydrogen (secondary N) is 1. The van der Waals surface area contributed by atoms with E-state index in [1.54, 1.807) is 11.1 Å². The second-order valence-corrected chi connectivity index (χ2v) is 7.19. The van der Waals surface area contributed by atoms with E-state index in [2.05, 4.69) is 58.7 Å². The number of nitrogens with zero attached hydrogens (tertiary/aromatic N) is 1. The third-order valence-electron chi connectivity index (χ3n) is 5.98. The second kappa shape index (κ2) is 5.91. The van der Waals surface area contributed by atoms with Crippen LogP contribution in [0.2, 0.25) is 0 Å². The molecule has 24 heavy (non-hydrogen) atoms. The van der Waals surface area contributed by atoms with Gasteiger partial charge in [-0.05, 0) is 35.6 Å². The van der Waals surface area contributed by atoms with Gasteiger partial charge in [0.25, 0.3) is 0 Å². The Morgan fingerprint density at radius 1 is 0.917 bits per heavy atom. The van der Waals surface area contributed by atoms with Crippen molar-refractivity contribution in [3.8, 4) is 0 Å². The van der Waals surface area contributed by atoms with Gasteiger partial charge >= 0.3 is 0 Å². The van der Waals surface area contributed by atoms with Gasteiger partial charge in [0.05, 0.1) is 19.3 Å². The average molecular weight is 320 g/mol. The quantitative estimate of drug-likeness (QED) is 0.901. The Morgan fingerprint density at radius 2 is 1.75 bits per heavy atom. The molecule has 3 nitrogen and oxygen atoms in total. The molecule has 2 aromatic carbocycles. The summed E-state index contributed by atoms with van der Waals surface area (Å²) in [6.45, 7) is 3.88. The van der Waals surface area contributed by atoms with Crippen molar-refractivity contribution >= 4 is 5.69 Å². The van der Waals surface area contributed by atoms with Crippen LogP contribution in [0.1, 0.15) is 47.5 Å². The van der Waals surface area contributed by atoms with Crippen LogP contribution in [0, 0.1) is 0 Å². The zero-order valence-corrected chi connectivity index (χ0v) is 13.9. The predicted octanol–water partition coefficient (Wildman–Crippen LogP) is 4.10. The van der Waals surface area contributed by atoms with Crippen LogP contribution < -0.4 is 5.32 Å². The first-order valence-electron chi connectivity index (χ1n) is 9.18. The average Bonchev–Trinajstić information content (AvgIpc) is 3.04. The predicted molar refractivity (Wildman–Crippen MR) is 96.4 cm³/mol. The van der Waals surface area contributed by atoms with Gasteiger partial charge in [-0.1, -0.05) is 42.5 Å². The standard InChI is InChI=1S/C21H24N2O/c1-2-5-15(6-3-1)21-17-9-10-19(23-11-13-24-14-12-23)16-7-4-8-18(22-21)20(16)17/h1-8,17,19,21-22H,9-14H2. The van der Waals surface area contributed by atoms with Crippen molar-refractivity contribution < 1.29 is 4.74 Å². The molecule has 3 unspecified atom stereocenters. The molecule has 1 N–H and O–H groups in total. The normalized spacial score (nSPS) is 29.1. The number of morpholine rings is 1. The van der Waals surface area contributed by atoms with Crippen molar-refractivity contribution in [1.29, 1.82) is 0 Å². The van der Waals surface area contributed by atoms with Crippen LogP contribution in [-0.4, -0.2) is 31.2 Å².